The number of aryl methyl sites for hydroxylation is 1. The van der Waals surface area contributed by atoms with E-state index in [1.54, 1.807) is 36.4 Å². The zero-order chi connectivity index (χ0) is 25.7. The molecule has 1 atom stereocenters. The van der Waals surface area contributed by atoms with Crippen LogP contribution in [0.15, 0.2) is 42.0 Å². The van der Waals surface area contributed by atoms with Crippen LogP contribution >= 0.6 is 0 Å². The lowest BCUT2D eigenvalue weighted by atomic mass is 9.94. The van der Waals surface area contributed by atoms with Crippen LogP contribution in [0.2, 0.25) is 0 Å². The van der Waals surface area contributed by atoms with Crippen LogP contribution in [0.5, 0.6) is 17.2 Å². The molecule has 188 valence electrons. The quantitative estimate of drug-likeness (QED) is 0.313. The van der Waals surface area contributed by atoms with E-state index >= 15 is 0 Å². The van der Waals surface area contributed by atoms with Gasteiger partial charge in [0, 0.05) is 24.2 Å². The average molecular weight is 483 g/mol. The fourth-order valence-corrected chi connectivity index (χ4v) is 4.20. The zero-order valence-electron chi connectivity index (χ0n) is 21.3. The number of likely N-dealkylation sites (tertiary alicyclic amines) is 1. The number of benzene rings is 2. The number of hydrogen-bond acceptors (Lipinski definition) is 7. The van der Waals surface area contributed by atoms with Gasteiger partial charge in [0.05, 0.1) is 32.4 Å². The number of carbonyl (C=O) groups excluding carboxylic acids is 2. The summed E-state index contributed by atoms with van der Waals surface area (Å²) in [7, 11) is 6.81. The van der Waals surface area contributed by atoms with E-state index < -0.39 is 17.7 Å². The second-order valence-corrected chi connectivity index (χ2v) is 8.71. The summed E-state index contributed by atoms with van der Waals surface area (Å²) < 4.78 is 16.8. The summed E-state index contributed by atoms with van der Waals surface area (Å²) in [5.74, 6) is -0.0573. The lowest BCUT2D eigenvalue weighted by Gasteiger charge is -2.28. The largest absolute Gasteiger partial charge is 0.507 e. The van der Waals surface area contributed by atoms with Gasteiger partial charge in [-0.3, -0.25) is 9.59 Å². The van der Waals surface area contributed by atoms with Crippen molar-refractivity contribution in [1.82, 2.24) is 9.80 Å². The molecule has 35 heavy (non-hydrogen) atoms. The number of amides is 1. The van der Waals surface area contributed by atoms with Crippen LogP contribution in [-0.4, -0.2) is 74.6 Å². The van der Waals surface area contributed by atoms with E-state index in [0.29, 0.717) is 48.1 Å². The van der Waals surface area contributed by atoms with Gasteiger partial charge in [-0.15, -0.1) is 0 Å². The summed E-state index contributed by atoms with van der Waals surface area (Å²) in [6.45, 7) is 5.32. The van der Waals surface area contributed by atoms with Crippen LogP contribution < -0.4 is 14.2 Å². The van der Waals surface area contributed by atoms with Crippen LogP contribution in [0.25, 0.3) is 5.76 Å². The summed E-state index contributed by atoms with van der Waals surface area (Å²) in [5, 5.41) is 11.4. The molecule has 3 rings (SSSR count). The molecule has 2 aromatic rings. The van der Waals surface area contributed by atoms with Gasteiger partial charge in [-0.25, -0.2) is 0 Å². The number of ether oxygens (including phenoxy) is 3. The Morgan fingerprint density at radius 2 is 1.83 bits per heavy atom. The molecule has 0 saturated carbocycles. The lowest BCUT2D eigenvalue weighted by Crippen LogP contribution is -2.35. The number of aliphatic hydroxyl groups is 1. The number of nitrogens with zero attached hydrogens (tertiary/aromatic N) is 2. The van der Waals surface area contributed by atoms with Gasteiger partial charge in [0.25, 0.3) is 11.7 Å². The van der Waals surface area contributed by atoms with E-state index in [1.807, 2.05) is 32.8 Å². The predicted molar refractivity (Wildman–Crippen MR) is 134 cm³/mol. The summed E-state index contributed by atoms with van der Waals surface area (Å²) in [4.78, 5) is 29.9. The standard InChI is InChI=1S/C27H34N2O6/c1-7-15-35-20-12-11-18(16-17(20)2)24(30)22-23(19-9-8-10-21(33-5)26(19)34-6)29(14-13-28(3)4)27(32)25(22)31/h8-12,16,23,30H,7,13-15H2,1-6H3/b24-22+. The fourth-order valence-electron chi connectivity index (χ4n) is 4.20. The number of likely N-dealkylation sites (N-methyl/N-ethyl adjacent to an activating group) is 1. The number of hydrogen-bond donors (Lipinski definition) is 1. The Bertz CT molecular complexity index is 1120. The average Bonchev–Trinajstić information content (AvgIpc) is 3.10. The van der Waals surface area contributed by atoms with Crippen molar-refractivity contribution in [1.29, 1.82) is 0 Å². The van der Waals surface area contributed by atoms with Crippen molar-refractivity contribution < 1.29 is 28.9 Å². The summed E-state index contributed by atoms with van der Waals surface area (Å²) in [6, 6.07) is 9.67. The second kappa shape index (κ2) is 11.3. The van der Waals surface area contributed by atoms with Gasteiger partial charge in [0.2, 0.25) is 0 Å². The van der Waals surface area contributed by atoms with Gasteiger partial charge < -0.3 is 29.1 Å². The summed E-state index contributed by atoms with van der Waals surface area (Å²) >= 11 is 0. The van der Waals surface area contributed by atoms with E-state index in [4.69, 9.17) is 14.2 Å². The Morgan fingerprint density at radius 3 is 2.43 bits per heavy atom. The molecule has 1 aliphatic heterocycles. The molecule has 0 radical (unpaired) electrons. The number of ketones is 1. The van der Waals surface area contributed by atoms with Crippen LogP contribution in [0, 0.1) is 6.92 Å². The molecule has 1 fully saturated rings. The van der Waals surface area contributed by atoms with Gasteiger partial charge in [-0.2, -0.15) is 0 Å². The summed E-state index contributed by atoms with van der Waals surface area (Å²) in [5.41, 5.74) is 1.83. The Kier molecular flexibility index (Phi) is 8.40. The van der Waals surface area contributed by atoms with Crippen molar-refractivity contribution >= 4 is 17.4 Å². The molecule has 8 heteroatoms. The maximum absolute atomic E-state index is 13.3. The van der Waals surface area contributed by atoms with Gasteiger partial charge in [0.1, 0.15) is 11.5 Å². The molecule has 0 spiro atoms. The first kappa shape index (κ1) is 26.1. The van der Waals surface area contributed by atoms with Gasteiger partial charge in [-0.1, -0.05) is 19.1 Å². The van der Waals surface area contributed by atoms with Crippen LogP contribution in [0.4, 0.5) is 0 Å². The molecule has 8 nitrogen and oxygen atoms in total. The third-order valence-corrected chi connectivity index (χ3v) is 5.97. The molecule has 1 unspecified atom stereocenters. The number of carbonyl (C=O) groups is 2. The molecular weight excluding hydrogens is 448 g/mol. The van der Waals surface area contributed by atoms with Gasteiger partial charge in [0.15, 0.2) is 11.5 Å². The maximum Gasteiger partial charge on any atom is 0.295 e. The van der Waals surface area contributed by atoms with Crippen molar-refractivity contribution in [3.8, 4) is 17.2 Å². The van der Waals surface area contributed by atoms with Crippen LogP contribution in [0.1, 0.15) is 36.1 Å². The third kappa shape index (κ3) is 5.27. The summed E-state index contributed by atoms with van der Waals surface area (Å²) in [6.07, 6.45) is 0.875. The molecular formula is C27H34N2O6. The van der Waals surface area contributed by atoms with Crippen LogP contribution in [0.3, 0.4) is 0 Å². The minimum atomic E-state index is -0.837. The van der Waals surface area contributed by atoms with E-state index in [2.05, 4.69) is 0 Å². The molecule has 0 bridgehead atoms. The van der Waals surface area contributed by atoms with Crippen molar-refractivity contribution in [2.45, 2.75) is 26.3 Å². The lowest BCUT2D eigenvalue weighted by molar-refractivity contribution is -0.140. The minimum Gasteiger partial charge on any atom is -0.507 e. The third-order valence-electron chi connectivity index (χ3n) is 5.97. The van der Waals surface area contributed by atoms with Crippen molar-refractivity contribution in [2.75, 3.05) is 48.0 Å². The van der Waals surface area contributed by atoms with Gasteiger partial charge in [-0.05, 0) is 57.3 Å². The number of aliphatic hydroxyl groups excluding tert-OH is 1. The molecule has 1 saturated heterocycles. The highest BCUT2D eigenvalue weighted by Crippen LogP contribution is 2.45. The highest BCUT2D eigenvalue weighted by molar-refractivity contribution is 6.46. The molecule has 0 aliphatic carbocycles. The predicted octanol–water partition coefficient (Wildman–Crippen LogP) is 3.78. The Hall–Kier alpha value is -3.52. The Balaban J connectivity index is 2.19. The number of methoxy groups -OCH3 is 2. The first-order valence-corrected chi connectivity index (χ1v) is 11.6. The number of rotatable bonds is 10. The van der Waals surface area contributed by atoms with Gasteiger partial charge >= 0.3 is 0 Å². The second-order valence-electron chi connectivity index (χ2n) is 8.71. The highest BCUT2D eigenvalue weighted by atomic mass is 16.5. The Morgan fingerprint density at radius 1 is 1.09 bits per heavy atom. The van der Waals surface area contributed by atoms with E-state index in [0.717, 1.165) is 12.0 Å². The highest BCUT2D eigenvalue weighted by Gasteiger charge is 2.47. The first-order valence-electron chi connectivity index (χ1n) is 11.6. The SMILES string of the molecule is CCCOc1ccc(/C(O)=C2\C(=O)C(=O)N(CCN(C)C)C2c2cccc(OC)c2OC)cc1C. The molecule has 1 heterocycles. The molecule has 1 aliphatic rings. The topological polar surface area (TPSA) is 88.5 Å². The maximum atomic E-state index is 13.3. The zero-order valence-corrected chi connectivity index (χ0v) is 21.3. The van der Waals surface area contributed by atoms with E-state index in [-0.39, 0.29) is 11.3 Å². The molecule has 1 amide bonds. The van der Waals surface area contributed by atoms with Crippen molar-refractivity contribution in [3.63, 3.8) is 0 Å². The van der Waals surface area contributed by atoms with E-state index in [1.165, 1.54) is 19.1 Å². The normalized spacial score (nSPS) is 17.2. The minimum absolute atomic E-state index is 0.0157. The van der Waals surface area contributed by atoms with E-state index in [9.17, 15) is 14.7 Å². The first-order chi connectivity index (χ1) is 16.7. The molecule has 0 aromatic heterocycles. The monoisotopic (exact) mass is 482 g/mol. The number of Topliss-reactive ketones (excluding diaryl/α,β-unsaturated/α-hetero) is 1. The van der Waals surface area contributed by atoms with Crippen LogP contribution in [-0.2, 0) is 9.59 Å². The fraction of sp³-hybridized carbons (Fsp3) is 0.407. The smallest absolute Gasteiger partial charge is 0.295 e. The van der Waals surface area contributed by atoms with Crippen molar-refractivity contribution in [2.24, 2.45) is 0 Å². The molecule has 2 aromatic carbocycles. The Labute approximate surface area is 206 Å². The number of para-hydroxylation sites is 1. The molecule has 1 N–H and O–H groups in total. The van der Waals surface area contributed by atoms with Crippen molar-refractivity contribution in [3.05, 3.63) is 58.7 Å².